The highest BCUT2D eigenvalue weighted by Gasteiger charge is 2.14. The fraction of sp³-hybridized carbons (Fsp3) is 0.120. The first-order valence-electron chi connectivity index (χ1n) is 10.4. The Morgan fingerprint density at radius 3 is 2.64 bits per heavy atom. The van der Waals surface area contributed by atoms with Crippen LogP contribution >= 0.6 is 11.3 Å². The SMILES string of the molecule is CCc1ccc(-n2cccc2C=C(C#N)C(=O)Nc2nnc(COc3ccccc3)s2)cc1. The van der Waals surface area contributed by atoms with E-state index in [1.165, 1.54) is 16.9 Å². The molecule has 4 aromatic rings. The Kier molecular flexibility index (Phi) is 6.93. The van der Waals surface area contributed by atoms with Crippen molar-refractivity contribution >= 4 is 28.5 Å². The number of ether oxygens (including phenoxy) is 1. The predicted octanol–water partition coefficient (Wildman–Crippen LogP) is 5.02. The number of benzene rings is 2. The van der Waals surface area contributed by atoms with Gasteiger partial charge in [0.1, 0.15) is 24.0 Å². The van der Waals surface area contributed by atoms with Gasteiger partial charge in [-0.05, 0) is 54.5 Å². The molecule has 0 bridgehead atoms. The van der Waals surface area contributed by atoms with Crippen LogP contribution in [0.4, 0.5) is 5.13 Å². The Balaban J connectivity index is 1.44. The number of nitriles is 1. The average Bonchev–Trinajstić information content (AvgIpc) is 3.51. The highest BCUT2D eigenvalue weighted by molar-refractivity contribution is 7.15. The maximum absolute atomic E-state index is 12.7. The van der Waals surface area contributed by atoms with Crippen LogP contribution in [-0.2, 0) is 17.8 Å². The number of aryl methyl sites for hydroxylation is 1. The standard InChI is InChI=1S/C25H21N5O2S/c1-2-18-10-12-20(13-11-18)30-14-6-7-21(30)15-19(16-26)24(31)27-25-29-28-23(33-25)17-32-22-8-4-3-5-9-22/h3-15H,2,17H2,1H3,(H,27,29,31). The van der Waals surface area contributed by atoms with Crippen molar-refractivity contribution in [3.8, 4) is 17.5 Å². The molecule has 0 spiro atoms. The van der Waals surface area contributed by atoms with Gasteiger partial charge >= 0.3 is 0 Å². The van der Waals surface area contributed by atoms with E-state index in [1.54, 1.807) is 6.08 Å². The molecule has 0 saturated carbocycles. The number of hydrogen-bond acceptors (Lipinski definition) is 6. The molecule has 0 atom stereocenters. The fourth-order valence-electron chi connectivity index (χ4n) is 3.12. The summed E-state index contributed by atoms with van der Waals surface area (Å²) in [4.78, 5) is 12.7. The lowest BCUT2D eigenvalue weighted by atomic mass is 10.1. The molecule has 0 aliphatic carbocycles. The molecule has 0 unspecified atom stereocenters. The lowest BCUT2D eigenvalue weighted by molar-refractivity contribution is -0.112. The second-order valence-corrected chi connectivity index (χ2v) is 8.11. The quantitative estimate of drug-likeness (QED) is 0.298. The molecule has 164 valence electrons. The molecule has 2 aromatic carbocycles. The van der Waals surface area contributed by atoms with Gasteiger partial charge in [-0.2, -0.15) is 5.26 Å². The number of amides is 1. The summed E-state index contributed by atoms with van der Waals surface area (Å²) in [5.41, 5.74) is 2.89. The summed E-state index contributed by atoms with van der Waals surface area (Å²) in [5, 5.41) is 21.2. The molecule has 1 N–H and O–H groups in total. The number of carbonyl (C=O) groups excluding carboxylic acids is 1. The van der Waals surface area contributed by atoms with Crippen LogP contribution in [0.1, 0.15) is 23.2 Å². The summed E-state index contributed by atoms with van der Waals surface area (Å²) in [7, 11) is 0. The van der Waals surface area contributed by atoms with Crippen LogP contribution in [0.15, 0.2) is 78.5 Å². The predicted molar refractivity (Wildman–Crippen MR) is 128 cm³/mol. The molecule has 0 radical (unpaired) electrons. The van der Waals surface area contributed by atoms with E-state index in [0.29, 0.717) is 10.1 Å². The van der Waals surface area contributed by atoms with Gasteiger partial charge < -0.3 is 9.30 Å². The third kappa shape index (κ3) is 5.53. The smallest absolute Gasteiger partial charge is 0.268 e. The van der Waals surface area contributed by atoms with Crippen molar-refractivity contribution in [1.82, 2.24) is 14.8 Å². The first-order valence-corrected chi connectivity index (χ1v) is 11.2. The van der Waals surface area contributed by atoms with Crippen LogP contribution in [0, 0.1) is 11.3 Å². The van der Waals surface area contributed by atoms with Gasteiger partial charge in [0, 0.05) is 17.6 Å². The van der Waals surface area contributed by atoms with Gasteiger partial charge in [0.15, 0.2) is 5.01 Å². The summed E-state index contributed by atoms with van der Waals surface area (Å²) in [5.74, 6) is 0.179. The lowest BCUT2D eigenvalue weighted by Crippen LogP contribution is -2.13. The number of rotatable bonds is 8. The highest BCUT2D eigenvalue weighted by Crippen LogP contribution is 2.20. The fourth-order valence-corrected chi connectivity index (χ4v) is 3.77. The van der Waals surface area contributed by atoms with E-state index in [2.05, 4.69) is 34.6 Å². The summed E-state index contributed by atoms with van der Waals surface area (Å²) in [6.45, 7) is 2.34. The van der Waals surface area contributed by atoms with Crippen molar-refractivity contribution in [2.24, 2.45) is 0 Å². The van der Waals surface area contributed by atoms with Crippen LogP contribution in [0.2, 0.25) is 0 Å². The minimum atomic E-state index is -0.543. The van der Waals surface area contributed by atoms with Gasteiger partial charge in [-0.1, -0.05) is 48.6 Å². The number of anilines is 1. The normalized spacial score (nSPS) is 11.1. The van der Waals surface area contributed by atoms with Gasteiger partial charge in [0.2, 0.25) is 5.13 Å². The maximum atomic E-state index is 12.7. The molecule has 0 fully saturated rings. The zero-order valence-corrected chi connectivity index (χ0v) is 18.7. The zero-order chi connectivity index (χ0) is 23.0. The van der Waals surface area contributed by atoms with Crippen molar-refractivity contribution in [2.45, 2.75) is 20.0 Å². The first kappa shape index (κ1) is 22.0. The number of carbonyl (C=O) groups is 1. The highest BCUT2D eigenvalue weighted by atomic mass is 32.1. The Hall–Kier alpha value is -4.22. The van der Waals surface area contributed by atoms with Crippen molar-refractivity contribution < 1.29 is 9.53 Å². The molecule has 33 heavy (non-hydrogen) atoms. The Morgan fingerprint density at radius 2 is 1.91 bits per heavy atom. The van der Waals surface area contributed by atoms with Crippen LogP contribution in [0.3, 0.4) is 0 Å². The minimum absolute atomic E-state index is 0.0302. The van der Waals surface area contributed by atoms with Crippen molar-refractivity contribution in [1.29, 1.82) is 5.26 Å². The average molecular weight is 456 g/mol. The molecular formula is C25H21N5O2S. The monoisotopic (exact) mass is 455 g/mol. The maximum Gasteiger partial charge on any atom is 0.268 e. The van der Waals surface area contributed by atoms with Crippen LogP contribution in [0.5, 0.6) is 5.75 Å². The van der Waals surface area contributed by atoms with Gasteiger partial charge in [0.25, 0.3) is 5.91 Å². The van der Waals surface area contributed by atoms with Crippen LogP contribution in [-0.4, -0.2) is 20.7 Å². The molecule has 0 saturated heterocycles. The third-order valence-electron chi connectivity index (χ3n) is 4.85. The number of para-hydroxylation sites is 1. The molecule has 8 heteroatoms. The van der Waals surface area contributed by atoms with Gasteiger partial charge in [-0.15, -0.1) is 10.2 Å². The first-order chi connectivity index (χ1) is 16.2. The Bertz CT molecular complexity index is 1300. The summed E-state index contributed by atoms with van der Waals surface area (Å²) in [6, 6.07) is 23.2. The second kappa shape index (κ2) is 10.4. The van der Waals surface area contributed by atoms with E-state index in [0.717, 1.165) is 23.6 Å². The van der Waals surface area contributed by atoms with E-state index in [9.17, 15) is 10.1 Å². The summed E-state index contributed by atoms with van der Waals surface area (Å²) in [6.07, 6.45) is 4.41. The molecule has 0 aliphatic rings. The van der Waals surface area contributed by atoms with Crippen molar-refractivity contribution in [2.75, 3.05) is 5.32 Å². The molecule has 2 heterocycles. The van der Waals surface area contributed by atoms with E-state index in [1.807, 2.05) is 71.4 Å². The van der Waals surface area contributed by atoms with Crippen LogP contribution in [0.25, 0.3) is 11.8 Å². The Morgan fingerprint density at radius 1 is 1.12 bits per heavy atom. The second-order valence-electron chi connectivity index (χ2n) is 7.05. The zero-order valence-electron chi connectivity index (χ0n) is 17.9. The van der Waals surface area contributed by atoms with E-state index in [4.69, 9.17) is 4.74 Å². The number of hydrogen-bond donors (Lipinski definition) is 1. The largest absolute Gasteiger partial charge is 0.486 e. The molecule has 7 nitrogen and oxygen atoms in total. The Labute approximate surface area is 195 Å². The van der Waals surface area contributed by atoms with E-state index < -0.39 is 5.91 Å². The minimum Gasteiger partial charge on any atom is -0.486 e. The van der Waals surface area contributed by atoms with E-state index in [-0.39, 0.29) is 12.2 Å². The van der Waals surface area contributed by atoms with E-state index >= 15 is 0 Å². The summed E-state index contributed by atoms with van der Waals surface area (Å²) < 4.78 is 7.57. The van der Waals surface area contributed by atoms with Crippen molar-refractivity contribution in [3.05, 3.63) is 94.8 Å². The van der Waals surface area contributed by atoms with Crippen LogP contribution < -0.4 is 10.1 Å². The van der Waals surface area contributed by atoms with Gasteiger partial charge in [0.05, 0.1) is 0 Å². The molecule has 2 aromatic heterocycles. The third-order valence-corrected chi connectivity index (χ3v) is 5.67. The number of nitrogens with one attached hydrogen (secondary N) is 1. The lowest BCUT2D eigenvalue weighted by Gasteiger charge is -2.08. The summed E-state index contributed by atoms with van der Waals surface area (Å²) >= 11 is 1.20. The molecular weight excluding hydrogens is 434 g/mol. The topological polar surface area (TPSA) is 92.8 Å². The number of nitrogens with zero attached hydrogens (tertiary/aromatic N) is 4. The molecule has 0 aliphatic heterocycles. The molecule has 1 amide bonds. The number of aromatic nitrogens is 3. The van der Waals surface area contributed by atoms with Gasteiger partial charge in [-0.25, -0.2) is 0 Å². The molecule has 4 rings (SSSR count). The van der Waals surface area contributed by atoms with Gasteiger partial charge in [-0.3, -0.25) is 10.1 Å². The van der Waals surface area contributed by atoms with Crippen molar-refractivity contribution in [3.63, 3.8) is 0 Å².